The Hall–Kier alpha value is -3.39. The predicted octanol–water partition coefficient (Wildman–Crippen LogP) is 5.89. The molecule has 3 heterocycles. The summed E-state index contributed by atoms with van der Waals surface area (Å²) in [5.41, 5.74) is 8.73. The molecule has 0 fully saturated rings. The van der Waals surface area contributed by atoms with E-state index in [-0.39, 0.29) is 0 Å². The molecule has 0 saturated carbocycles. The number of pyridine rings is 1. The summed E-state index contributed by atoms with van der Waals surface area (Å²) < 4.78 is 2.45. The second kappa shape index (κ2) is 5.06. The number of fused-ring (bicyclic) bond motifs is 5. The van der Waals surface area contributed by atoms with Crippen LogP contribution in [0.5, 0.6) is 0 Å². The van der Waals surface area contributed by atoms with Gasteiger partial charge in [-0.15, -0.1) is 0 Å². The molecule has 6 rings (SSSR count). The third kappa shape index (κ3) is 1.73. The predicted molar refractivity (Wildman–Crippen MR) is 107 cm³/mol. The van der Waals surface area contributed by atoms with E-state index in [1.165, 1.54) is 38.5 Å². The minimum absolute atomic E-state index is 0.908. The van der Waals surface area contributed by atoms with Crippen LogP contribution in [0.25, 0.3) is 44.2 Å². The lowest BCUT2D eigenvalue weighted by molar-refractivity contribution is 0.860. The molecule has 0 saturated heterocycles. The molecule has 0 spiro atoms. The average molecular weight is 332 g/mol. The van der Waals surface area contributed by atoms with Crippen LogP contribution in [0.3, 0.4) is 0 Å². The number of nitrogens with zero attached hydrogens (tertiary/aromatic N) is 2. The monoisotopic (exact) mass is 332 g/mol. The Labute approximate surface area is 151 Å². The minimum atomic E-state index is 0.908. The Balaban J connectivity index is 1.85. The molecule has 5 aromatic rings. The highest BCUT2D eigenvalue weighted by atomic mass is 15.0. The number of hydrogen-bond acceptors (Lipinski definition) is 1. The molecule has 0 atom stereocenters. The zero-order valence-electron chi connectivity index (χ0n) is 14.2. The summed E-state index contributed by atoms with van der Waals surface area (Å²) in [7, 11) is 0. The summed E-state index contributed by atoms with van der Waals surface area (Å²) in [6.07, 6.45) is 2.05. The van der Waals surface area contributed by atoms with Crippen molar-refractivity contribution in [2.45, 2.75) is 6.54 Å². The summed E-state index contributed by atoms with van der Waals surface area (Å²) in [4.78, 5) is 4.93. The standard InChI is InChI=1S/C24H16N2/c1-2-8-16(9-3-1)23-22-18-11-5-4-10-17(18)15-26-21-13-7-6-12-19(21)20(14-25-23)24(22)26/h1-14H,15H2. The number of rotatable bonds is 1. The number of hydrogen-bond donors (Lipinski definition) is 0. The highest BCUT2D eigenvalue weighted by molar-refractivity contribution is 6.15. The maximum Gasteiger partial charge on any atom is 0.0801 e. The van der Waals surface area contributed by atoms with Gasteiger partial charge in [0.25, 0.3) is 0 Å². The first-order chi connectivity index (χ1) is 12.9. The van der Waals surface area contributed by atoms with Crippen LogP contribution in [0.4, 0.5) is 0 Å². The summed E-state index contributed by atoms with van der Waals surface area (Å²) in [6.45, 7) is 0.908. The smallest absolute Gasteiger partial charge is 0.0801 e. The van der Waals surface area contributed by atoms with E-state index < -0.39 is 0 Å². The van der Waals surface area contributed by atoms with Gasteiger partial charge in [0.05, 0.1) is 11.2 Å². The Morgan fingerprint density at radius 3 is 2.42 bits per heavy atom. The summed E-state index contributed by atoms with van der Waals surface area (Å²) in [5.74, 6) is 0. The first-order valence-corrected chi connectivity index (χ1v) is 8.95. The van der Waals surface area contributed by atoms with Gasteiger partial charge < -0.3 is 4.57 Å². The largest absolute Gasteiger partial charge is 0.335 e. The first kappa shape index (κ1) is 13.9. The normalized spacial score (nSPS) is 12.5. The van der Waals surface area contributed by atoms with E-state index in [0.29, 0.717) is 0 Å². The Morgan fingerprint density at radius 1 is 0.731 bits per heavy atom. The van der Waals surface area contributed by atoms with Crippen LogP contribution in [0.1, 0.15) is 5.56 Å². The second-order valence-electron chi connectivity index (χ2n) is 6.87. The van der Waals surface area contributed by atoms with Crippen molar-refractivity contribution in [1.29, 1.82) is 0 Å². The Morgan fingerprint density at radius 2 is 1.50 bits per heavy atom. The van der Waals surface area contributed by atoms with Crippen molar-refractivity contribution in [2.75, 3.05) is 0 Å². The van der Waals surface area contributed by atoms with Crippen LogP contribution in [-0.4, -0.2) is 9.55 Å². The van der Waals surface area contributed by atoms with E-state index in [1.807, 2.05) is 6.20 Å². The fraction of sp³-hybridized carbons (Fsp3) is 0.0417. The molecule has 2 nitrogen and oxygen atoms in total. The molecule has 3 aromatic carbocycles. The SMILES string of the molecule is c1ccc(-c2ncc3c4ccccc4n4c3c2-c2ccccc2C4)cc1. The minimum Gasteiger partial charge on any atom is -0.335 e. The summed E-state index contributed by atoms with van der Waals surface area (Å²) in [5, 5.41) is 2.52. The van der Waals surface area contributed by atoms with E-state index >= 15 is 0 Å². The van der Waals surface area contributed by atoms with E-state index in [2.05, 4.69) is 83.4 Å². The van der Waals surface area contributed by atoms with Gasteiger partial charge in [0.1, 0.15) is 0 Å². The van der Waals surface area contributed by atoms with Gasteiger partial charge in [-0.2, -0.15) is 0 Å². The van der Waals surface area contributed by atoms with Crippen LogP contribution in [-0.2, 0) is 6.54 Å². The van der Waals surface area contributed by atoms with Crippen molar-refractivity contribution in [3.8, 4) is 22.4 Å². The summed E-state index contributed by atoms with van der Waals surface area (Å²) >= 11 is 0. The van der Waals surface area contributed by atoms with Crippen molar-refractivity contribution in [3.63, 3.8) is 0 Å². The fourth-order valence-corrected chi connectivity index (χ4v) is 4.34. The lowest BCUT2D eigenvalue weighted by atomic mass is 9.91. The molecular formula is C24H16N2. The maximum absolute atomic E-state index is 4.93. The van der Waals surface area contributed by atoms with E-state index in [4.69, 9.17) is 4.98 Å². The van der Waals surface area contributed by atoms with Gasteiger partial charge in [0, 0.05) is 40.2 Å². The topological polar surface area (TPSA) is 17.8 Å². The van der Waals surface area contributed by atoms with Gasteiger partial charge in [-0.1, -0.05) is 72.8 Å². The third-order valence-corrected chi connectivity index (χ3v) is 5.47. The molecular weight excluding hydrogens is 316 g/mol. The van der Waals surface area contributed by atoms with Crippen molar-refractivity contribution in [3.05, 3.63) is 90.6 Å². The van der Waals surface area contributed by atoms with Crippen molar-refractivity contribution >= 4 is 21.8 Å². The van der Waals surface area contributed by atoms with E-state index in [0.717, 1.165) is 17.8 Å². The molecule has 122 valence electrons. The zero-order valence-corrected chi connectivity index (χ0v) is 14.2. The number of aromatic nitrogens is 2. The highest BCUT2D eigenvalue weighted by Gasteiger charge is 2.25. The van der Waals surface area contributed by atoms with Crippen LogP contribution >= 0.6 is 0 Å². The Kier molecular flexibility index (Phi) is 2.69. The van der Waals surface area contributed by atoms with Gasteiger partial charge in [-0.25, -0.2) is 0 Å². The molecule has 1 aliphatic heterocycles. The molecule has 0 bridgehead atoms. The molecule has 26 heavy (non-hydrogen) atoms. The van der Waals surface area contributed by atoms with E-state index in [1.54, 1.807) is 0 Å². The van der Waals surface area contributed by atoms with Gasteiger partial charge in [0.15, 0.2) is 0 Å². The molecule has 1 aliphatic rings. The second-order valence-corrected chi connectivity index (χ2v) is 6.87. The molecule has 0 aliphatic carbocycles. The third-order valence-electron chi connectivity index (χ3n) is 5.47. The molecule has 0 N–H and O–H groups in total. The highest BCUT2D eigenvalue weighted by Crippen LogP contribution is 2.44. The molecule has 2 heteroatoms. The van der Waals surface area contributed by atoms with E-state index in [9.17, 15) is 0 Å². The van der Waals surface area contributed by atoms with Crippen LogP contribution in [0.15, 0.2) is 85.1 Å². The maximum atomic E-state index is 4.93. The van der Waals surface area contributed by atoms with Gasteiger partial charge >= 0.3 is 0 Å². The number of benzene rings is 3. The molecule has 2 aromatic heterocycles. The first-order valence-electron chi connectivity index (χ1n) is 8.95. The number of para-hydroxylation sites is 1. The lowest BCUT2D eigenvalue weighted by Gasteiger charge is -2.22. The fourth-order valence-electron chi connectivity index (χ4n) is 4.34. The Bertz CT molecular complexity index is 1300. The molecule has 0 amide bonds. The van der Waals surface area contributed by atoms with Crippen LogP contribution in [0.2, 0.25) is 0 Å². The molecule has 0 unspecified atom stereocenters. The zero-order chi connectivity index (χ0) is 17.1. The molecule has 0 radical (unpaired) electrons. The lowest BCUT2D eigenvalue weighted by Crippen LogP contribution is -2.08. The van der Waals surface area contributed by atoms with Crippen molar-refractivity contribution < 1.29 is 0 Å². The van der Waals surface area contributed by atoms with Crippen LogP contribution in [0, 0.1) is 0 Å². The van der Waals surface area contributed by atoms with Gasteiger partial charge in [-0.05, 0) is 17.2 Å². The summed E-state index contributed by atoms with van der Waals surface area (Å²) in [6, 6.07) is 27.9. The van der Waals surface area contributed by atoms with Gasteiger partial charge in [0.2, 0.25) is 0 Å². The van der Waals surface area contributed by atoms with Crippen molar-refractivity contribution in [2.24, 2.45) is 0 Å². The van der Waals surface area contributed by atoms with Crippen molar-refractivity contribution in [1.82, 2.24) is 9.55 Å². The van der Waals surface area contributed by atoms with Gasteiger partial charge in [-0.3, -0.25) is 4.98 Å². The van der Waals surface area contributed by atoms with Crippen LogP contribution < -0.4 is 0 Å². The average Bonchev–Trinajstić information content (AvgIpc) is 3.04. The quantitative estimate of drug-likeness (QED) is 0.367.